The lowest BCUT2D eigenvalue weighted by atomic mass is 9.94. The molecular weight excluding hydrogens is 1230 g/mol. The molecular formula is C50H84N4O36. The number of carbonyl (C=O) groups is 4. The molecule has 7 aliphatic rings. The highest BCUT2D eigenvalue weighted by Crippen LogP contribution is 2.37. The van der Waals surface area contributed by atoms with Crippen molar-refractivity contribution in [3.63, 3.8) is 0 Å². The SMILES string of the molecule is CC(=O)N[C@@H]1[C@H](O[C@@H]2[C@@H](O[C@@H]3[C@H](O)[C@H](O[C@H]4[C@H](O)[C@@H](NC(C)=O)[C@H](O)O[C@@H]4CO)O[C@H](CO[C@H]4O[C@H](CO[C@@H]5O[C@H](CO)[C@@H](O)[C@H](O)[C@H]5NC(C)=O)[C@@H](O)[C@H](O)[C@@H]4O[C@@H]4O[C@H](CO)[C@@H](O)[C@H](O)[C@H]4NC(C)=O)[C@H]3O)O[C@H](CO)[C@@H](O)[C@@H]2O)O[C@H](CO)[C@@H](O)[C@@H]1O. The molecule has 0 aliphatic carbocycles. The molecule has 7 rings (SSSR count). The number of aliphatic hydroxyl groups excluding tert-OH is 19. The fourth-order valence-corrected chi connectivity index (χ4v) is 11.4. The molecule has 40 heteroatoms. The first-order valence-corrected chi connectivity index (χ1v) is 28.6. The number of hydrogen-bond donors (Lipinski definition) is 23. The van der Waals surface area contributed by atoms with Gasteiger partial charge in [-0.15, -0.1) is 0 Å². The van der Waals surface area contributed by atoms with E-state index in [1.807, 2.05) is 0 Å². The van der Waals surface area contributed by atoms with E-state index in [0.717, 1.165) is 27.7 Å². The third-order valence-electron chi connectivity index (χ3n) is 16.1. The molecule has 0 spiro atoms. The van der Waals surface area contributed by atoms with E-state index in [2.05, 4.69) is 21.3 Å². The van der Waals surface area contributed by atoms with Gasteiger partial charge in [-0.05, 0) is 0 Å². The molecule has 7 heterocycles. The van der Waals surface area contributed by atoms with Crippen LogP contribution < -0.4 is 21.3 Å². The number of hydrogen-bond acceptors (Lipinski definition) is 36. The summed E-state index contributed by atoms with van der Waals surface area (Å²) in [6, 6.07) is -6.72. The van der Waals surface area contributed by atoms with Crippen molar-refractivity contribution in [2.24, 2.45) is 0 Å². The van der Waals surface area contributed by atoms with Crippen LogP contribution in [0, 0.1) is 0 Å². The van der Waals surface area contributed by atoms with Crippen molar-refractivity contribution in [3.05, 3.63) is 0 Å². The zero-order valence-electron chi connectivity index (χ0n) is 48.6. The summed E-state index contributed by atoms with van der Waals surface area (Å²) in [6.07, 6.45) is -61.9. The van der Waals surface area contributed by atoms with E-state index in [1.165, 1.54) is 0 Å². The highest BCUT2D eigenvalue weighted by Gasteiger charge is 2.58. The van der Waals surface area contributed by atoms with Crippen molar-refractivity contribution in [2.75, 3.05) is 46.2 Å². The summed E-state index contributed by atoms with van der Waals surface area (Å²) in [5.41, 5.74) is 0. The van der Waals surface area contributed by atoms with Crippen LogP contribution in [0.4, 0.5) is 0 Å². The summed E-state index contributed by atoms with van der Waals surface area (Å²) in [7, 11) is 0. The molecule has 0 aromatic heterocycles. The highest BCUT2D eigenvalue weighted by atomic mass is 16.8. The maximum Gasteiger partial charge on any atom is 0.217 e. The van der Waals surface area contributed by atoms with Crippen LogP contribution >= 0.6 is 0 Å². The van der Waals surface area contributed by atoms with Crippen molar-refractivity contribution >= 4 is 23.6 Å². The molecule has 0 aromatic rings. The average molecular weight is 1320 g/mol. The molecule has 7 saturated heterocycles. The van der Waals surface area contributed by atoms with Crippen LogP contribution in [0.2, 0.25) is 0 Å². The standard InChI is InChI=1S/C50H84N4O36/c1-12(60)51-23-36(73)40(20(9-59)80-44(23)77)87-48-39(76)41(88-50-43(37(74)30(67)19(8-58)84-50)90-47-26(54-15(4)63)35(72)29(66)18(7-57)83-47)32(69)22(85-48)11-79-49-42(89-46-25(53-14(3)62)34(71)28(65)17(6-56)82-46)38(75)31(68)21(86-49)10-78-45-24(52-13(2)61)33(70)27(64)16(5-55)81-45/h16-50,55-59,64-77H,5-11H2,1-4H3,(H,51,60)(H,52,61)(H,53,62)(H,54,63)/t16-,17-,18-,19-,20-,21-,22-,23-,24-,25-,26+,27-,28-,29-,30-,31-,32-,33-,34-,35-,36-,37+,38+,39+,40-,41+,42+,43+,44-,45-,46+,47+,48+,49+,50-/m1/s1. The van der Waals surface area contributed by atoms with E-state index in [9.17, 15) is 116 Å². The van der Waals surface area contributed by atoms with Crippen LogP contribution in [0.3, 0.4) is 0 Å². The molecule has 90 heavy (non-hydrogen) atoms. The molecule has 0 bridgehead atoms. The Kier molecular flexibility index (Phi) is 26.6. The van der Waals surface area contributed by atoms with Crippen molar-refractivity contribution in [1.82, 2.24) is 21.3 Å². The van der Waals surface area contributed by atoms with Gasteiger partial charge in [0.25, 0.3) is 0 Å². The maximum absolute atomic E-state index is 12.4. The van der Waals surface area contributed by atoms with Crippen molar-refractivity contribution < 1.29 is 178 Å². The van der Waals surface area contributed by atoms with Crippen LogP contribution in [-0.4, -0.2) is 382 Å². The molecule has 7 aliphatic heterocycles. The third kappa shape index (κ3) is 16.6. The van der Waals surface area contributed by atoms with Gasteiger partial charge in [0.15, 0.2) is 44.0 Å². The van der Waals surface area contributed by atoms with Gasteiger partial charge in [-0.3, -0.25) is 19.2 Å². The Morgan fingerprint density at radius 1 is 0.289 bits per heavy atom. The Morgan fingerprint density at radius 2 is 0.600 bits per heavy atom. The fraction of sp³-hybridized carbons (Fsp3) is 0.920. The average Bonchev–Trinajstić information content (AvgIpc) is 0.810. The summed E-state index contributed by atoms with van der Waals surface area (Å²) >= 11 is 0. The van der Waals surface area contributed by atoms with E-state index in [1.54, 1.807) is 0 Å². The number of amides is 4. The number of ether oxygens (including phenoxy) is 13. The van der Waals surface area contributed by atoms with Crippen LogP contribution in [0.15, 0.2) is 0 Å². The monoisotopic (exact) mass is 1320 g/mol. The van der Waals surface area contributed by atoms with Crippen LogP contribution in [0.1, 0.15) is 27.7 Å². The Balaban J connectivity index is 1.26. The van der Waals surface area contributed by atoms with E-state index in [-0.39, 0.29) is 0 Å². The molecule has 520 valence electrons. The molecule has 23 N–H and O–H groups in total. The Morgan fingerprint density at radius 3 is 1.03 bits per heavy atom. The van der Waals surface area contributed by atoms with Gasteiger partial charge in [0.05, 0.1) is 46.2 Å². The van der Waals surface area contributed by atoms with Crippen LogP contribution in [-0.2, 0) is 80.8 Å². The minimum atomic E-state index is -2.41. The van der Waals surface area contributed by atoms with Gasteiger partial charge in [0, 0.05) is 27.7 Å². The molecule has 0 saturated carbocycles. The summed E-state index contributed by atoms with van der Waals surface area (Å²) in [4.78, 5) is 49.2. The minimum Gasteiger partial charge on any atom is -0.394 e. The number of aliphatic hydroxyl groups is 19. The Labute approximate surface area is 510 Å². The van der Waals surface area contributed by atoms with E-state index < -0.39 is 285 Å². The van der Waals surface area contributed by atoms with Gasteiger partial charge >= 0.3 is 0 Å². The zero-order chi connectivity index (χ0) is 66.5. The smallest absolute Gasteiger partial charge is 0.217 e. The summed E-state index contributed by atoms with van der Waals surface area (Å²) in [6.45, 7) is -2.91. The fourth-order valence-electron chi connectivity index (χ4n) is 11.4. The van der Waals surface area contributed by atoms with Crippen molar-refractivity contribution in [2.45, 2.75) is 242 Å². The zero-order valence-corrected chi connectivity index (χ0v) is 48.6. The minimum absolute atomic E-state index is 0.757. The van der Waals surface area contributed by atoms with E-state index in [4.69, 9.17) is 61.6 Å². The van der Waals surface area contributed by atoms with Gasteiger partial charge < -0.3 is 180 Å². The van der Waals surface area contributed by atoms with Gasteiger partial charge in [-0.2, -0.15) is 0 Å². The molecule has 7 fully saturated rings. The first-order chi connectivity index (χ1) is 42.5. The first kappa shape index (κ1) is 74.0. The van der Waals surface area contributed by atoms with E-state index in [0.29, 0.717) is 0 Å². The van der Waals surface area contributed by atoms with Crippen LogP contribution in [0.5, 0.6) is 0 Å². The Bertz CT molecular complexity index is 2310. The van der Waals surface area contributed by atoms with Crippen molar-refractivity contribution in [3.8, 4) is 0 Å². The first-order valence-electron chi connectivity index (χ1n) is 28.6. The largest absolute Gasteiger partial charge is 0.394 e. The third-order valence-corrected chi connectivity index (χ3v) is 16.1. The summed E-state index contributed by atoms with van der Waals surface area (Å²) in [5.74, 6) is -3.23. The molecule has 0 unspecified atom stereocenters. The number of carbonyl (C=O) groups excluding carboxylic acids is 4. The Hall–Kier alpha value is -3.40. The normalized spacial score (nSPS) is 47.6. The van der Waals surface area contributed by atoms with Gasteiger partial charge in [0.1, 0.15) is 171 Å². The quantitative estimate of drug-likeness (QED) is 0.0452. The van der Waals surface area contributed by atoms with Gasteiger partial charge in [0.2, 0.25) is 23.6 Å². The maximum atomic E-state index is 12.4. The van der Waals surface area contributed by atoms with Crippen LogP contribution in [0.25, 0.3) is 0 Å². The number of nitrogens with one attached hydrogen (secondary N) is 4. The molecule has 0 aromatic carbocycles. The summed E-state index contributed by atoms with van der Waals surface area (Å²) < 4.78 is 76.6. The second-order valence-corrected chi connectivity index (χ2v) is 22.6. The van der Waals surface area contributed by atoms with Gasteiger partial charge in [-0.25, -0.2) is 0 Å². The predicted octanol–water partition coefficient (Wildman–Crippen LogP) is -15.7. The lowest BCUT2D eigenvalue weighted by molar-refractivity contribution is -0.394. The highest BCUT2D eigenvalue weighted by molar-refractivity contribution is 5.74. The molecule has 4 amide bonds. The summed E-state index contributed by atoms with van der Waals surface area (Å²) in [5, 5.41) is 218. The molecule has 35 atom stereocenters. The molecule has 0 radical (unpaired) electrons. The predicted molar refractivity (Wildman–Crippen MR) is 278 cm³/mol. The van der Waals surface area contributed by atoms with Gasteiger partial charge in [-0.1, -0.05) is 0 Å². The lowest BCUT2D eigenvalue weighted by Gasteiger charge is -2.50. The lowest BCUT2D eigenvalue weighted by Crippen LogP contribution is -2.69. The number of rotatable bonds is 23. The second kappa shape index (κ2) is 32.4. The van der Waals surface area contributed by atoms with Crippen molar-refractivity contribution in [1.29, 1.82) is 0 Å². The second-order valence-electron chi connectivity index (χ2n) is 22.6. The topological polar surface area (TPSA) is 621 Å². The molecule has 40 nitrogen and oxygen atoms in total. The van der Waals surface area contributed by atoms with E-state index >= 15 is 0 Å².